The standard InChI is InChI=1S/C18H20N2O5/c1-24-18(22)16-14(11-25-17(21)12-7-3-2-4-8-12)19-13-9-5-6-10-15(13)20(16)23/h5-6,9-10,12H,2-4,7-8,11H2,1H3. The number of aromatic nitrogens is 2. The fourth-order valence-electron chi connectivity index (χ4n) is 3.16. The minimum atomic E-state index is -0.808. The highest BCUT2D eigenvalue weighted by molar-refractivity contribution is 5.88. The van der Waals surface area contributed by atoms with Gasteiger partial charge in [-0.15, -0.1) is 0 Å². The SMILES string of the molecule is COC(=O)c1c(COC(=O)C2CCCCC2)nc2ccccc2[n+]1[O-]. The maximum absolute atomic E-state index is 12.5. The highest BCUT2D eigenvalue weighted by Gasteiger charge is 2.29. The lowest BCUT2D eigenvalue weighted by Gasteiger charge is -2.20. The number of rotatable bonds is 4. The van der Waals surface area contributed by atoms with Gasteiger partial charge in [0, 0.05) is 6.07 Å². The summed E-state index contributed by atoms with van der Waals surface area (Å²) in [6.45, 7) is -0.229. The first kappa shape index (κ1) is 17.1. The molecule has 0 atom stereocenters. The molecule has 1 aliphatic carbocycles. The van der Waals surface area contributed by atoms with Crippen molar-refractivity contribution >= 4 is 23.0 Å². The minimum Gasteiger partial charge on any atom is -0.618 e. The number of methoxy groups -OCH3 is 1. The number of ether oxygens (including phenoxy) is 2. The molecule has 0 spiro atoms. The average Bonchev–Trinajstić information content (AvgIpc) is 2.66. The highest BCUT2D eigenvalue weighted by Crippen LogP contribution is 2.25. The summed E-state index contributed by atoms with van der Waals surface area (Å²) in [5, 5.41) is 12.5. The molecule has 2 aromatic rings. The second kappa shape index (κ2) is 7.46. The topological polar surface area (TPSA) is 92.4 Å². The maximum Gasteiger partial charge on any atom is 0.406 e. The van der Waals surface area contributed by atoms with Crippen LogP contribution in [0.1, 0.15) is 48.3 Å². The summed E-state index contributed by atoms with van der Waals surface area (Å²) in [6.07, 6.45) is 4.80. The quantitative estimate of drug-likeness (QED) is 0.480. The molecule has 1 saturated carbocycles. The Balaban J connectivity index is 1.88. The Morgan fingerprint density at radius 1 is 1.24 bits per heavy atom. The summed E-state index contributed by atoms with van der Waals surface area (Å²) >= 11 is 0. The van der Waals surface area contributed by atoms with E-state index in [0.717, 1.165) is 32.1 Å². The van der Waals surface area contributed by atoms with Gasteiger partial charge in [-0.3, -0.25) is 4.79 Å². The lowest BCUT2D eigenvalue weighted by Crippen LogP contribution is -2.38. The van der Waals surface area contributed by atoms with Crippen LogP contribution in [-0.4, -0.2) is 24.0 Å². The summed E-state index contributed by atoms with van der Waals surface area (Å²) in [4.78, 5) is 28.6. The number of carbonyl (C=O) groups excluding carboxylic acids is 2. The molecular formula is C18H20N2O5. The molecule has 0 N–H and O–H groups in total. The van der Waals surface area contributed by atoms with Gasteiger partial charge < -0.3 is 14.7 Å². The van der Waals surface area contributed by atoms with Crippen molar-refractivity contribution in [2.24, 2.45) is 5.92 Å². The van der Waals surface area contributed by atoms with Gasteiger partial charge in [0.1, 0.15) is 12.1 Å². The van der Waals surface area contributed by atoms with Crippen LogP contribution in [0, 0.1) is 11.1 Å². The number of carbonyl (C=O) groups is 2. The molecule has 1 fully saturated rings. The third-order valence-corrected chi connectivity index (χ3v) is 4.50. The zero-order valence-electron chi connectivity index (χ0n) is 14.1. The fraction of sp³-hybridized carbons (Fsp3) is 0.444. The van der Waals surface area contributed by atoms with E-state index in [1.807, 2.05) is 0 Å². The summed E-state index contributed by atoms with van der Waals surface area (Å²) in [7, 11) is 1.19. The maximum atomic E-state index is 12.5. The van der Waals surface area contributed by atoms with E-state index in [9.17, 15) is 14.8 Å². The predicted molar refractivity (Wildman–Crippen MR) is 88.4 cm³/mol. The van der Waals surface area contributed by atoms with Crippen LogP contribution in [0.25, 0.3) is 11.0 Å². The van der Waals surface area contributed by atoms with Crippen molar-refractivity contribution in [2.75, 3.05) is 7.11 Å². The van der Waals surface area contributed by atoms with E-state index < -0.39 is 5.97 Å². The van der Waals surface area contributed by atoms with E-state index in [1.165, 1.54) is 7.11 Å². The zero-order chi connectivity index (χ0) is 17.8. The Bertz CT molecular complexity index is 799. The molecule has 0 saturated heterocycles. The molecule has 0 aliphatic heterocycles. The van der Waals surface area contributed by atoms with Gasteiger partial charge in [0.25, 0.3) is 0 Å². The number of para-hydroxylation sites is 2. The Kier molecular flexibility index (Phi) is 5.11. The summed E-state index contributed by atoms with van der Waals surface area (Å²) in [6, 6.07) is 6.66. The molecule has 7 heteroatoms. The first-order valence-corrected chi connectivity index (χ1v) is 8.38. The lowest BCUT2D eigenvalue weighted by atomic mass is 9.89. The van der Waals surface area contributed by atoms with Crippen LogP contribution in [0.3, 0.4) is 0 Å². The van der Waals surface area contributed by atoms with Crippen LogP contribution in [0.5, 0.6) is 0 Å². The van der Waals surface area contributed by atoms with E-state index >= 15 is 0 Å². The van der Waals surface area contributed by atoms with Gasteiger partial charge in [-0.05, 0) is 18.9 Å². The van der Waals surface area contributed by atoms with Crippen molar-refractivity contribution in [1.29, 1.82) is 0 Å². The molecule has 0 unspecified atom stereocenters. The third-order valence-electron chi connectivity index (χ3n) is 4.50. The third kappa shape index (κ3) is 3.55. The van der Waals surface area contributed by atoms with Crippen molar-refractivity contribution in [3.05, 3.63) is 40.9 Å². The molecule has 3 rings (SSSR count). The van der Waals surface area contributed by atoms with Crippen molar-refractivity contribution in [2.45, 2.75) is 38.7 Å². The normalized spacial score (nSPS) is 15.1. The van der Waals surface area contributed by atoms with Crippen LogP contribution in [-0.2, 0) is 20.9 Å². The molecular weight excluding hydrogens is 324 g/mol. The largest absolute Gasteiger partial charge is 0.618 e. The Morgan fingerprint density at radius 3 is 2.68 bits per heavy atom. The number of benzene rings is 1. The van der Waals surface area contributed by atoms with Gasteiger partial charge >= 0.3 is 17.6 Å². The molecule has 1 aromatic carbocycles. The van der Waals surface area contributed by atoms with Crippen LogP contribution in [0.15, 0.2) is 24.3 Å². The van der Waals surface area contributed by atoms with Crippen molar-refractivity contribution in [1.82, 2.24) is 4.98 Å². The van der Waals surface area contributed by atoms with Gasteiger partial charge in [-0.2, -0.15) is 4.73 Å². The molecule has 1 heterocycles. The van der Waals surface area contributed by atoms with E-state index in [2.05, 4.69) is 9.72 Å². The Hall–Kier alpha value is -2.70. The summed E-state index contributed by atoms with van der Waals surface area (Å²) < 4.78 is 10.5. The molecule has 0 radical (unpaired) electrons. The first-order chi connectivity index (χ1) is 12.1. The molecule has 25 heavy (non-hydrogen) atoms. The van der Waals surface area contributed by atoms with Crippen LogP contribution in [0.2, 0.25) is 0 Å². The second-order valence-corrected chi connectivity index (χ2v) is 6.12. The molecule has 0 bridgehead atoms. The van der Waals surface area contributed by atoms with E-state index in [1.54, 1.807) is 24.3 Å². The zero-order valence-corrected chi connectivity index (χ0v) is 14.1. The van der Waals surface area contributed by atoms with Gasteiger partial charge in [-0.1, -0.05) is 31.4 Å². The van der Waals surface area contributed by atoms with Crippen LogP contribution >= 0.6 is 0 Å². The molecule has 132 valence electrons. The number of hydrogen-bond donors (Lipinski definition) is 0. The monoisotopic (exact) mass is 344 g/mol. The van der Waals surface area contributed by atoms with Crippen molar-refractivity contribution in [3.63, 3.8) is 0 Å². The van der Waals surface area contributed by atoms with Gasteiger partial charge in [0.15, 0.2) is 5.69 Å². The summed E-state index contributed by atoms with van der Waals surface area (Å²) in [5.41, 5.74) is 0.529. The second-order valence-electron chi connectivity index (χ2n) is 6.12. The van der Waals surface area contributed by atoms with E-state index in [-0.39, 0.29) is 35.4 Å². The fourth-order valence-corrected chi connectivity index (χ4v) is 3.16. The molecule has 1 aliphatic rings. The van der Waals surface area contributed by atoms with Crippen molar-refractivity contribution < 1.29 is 23.8 Å². The highest BCUT2D eigenvalue weighted by atomic mass is 16.5. The van der Waals surface area contributed by atoms with Crippen LogP contribution in [0.4, 0.5) is 0 Å². The first-order valence-electron chi connectivity index (χ1n) is 8.38. The van der Waals surface area contributed by atoms with Gasteiger partial charge in [-0.25, -0.2) is 9.78 Å². The smallest absolute Gasteiger partial charge is 0.406 e. The molecule has 7 nitrogen and oxygen atoms in total. The lowest BCUT2D eigenvalue weighted by molar-refractivity contribution is -0.581. The Labute approximate surface area is 145 Å². The van der Waals surface area contributed by atoms with E-state index in [0.29, 0.717) is 10.2 Å². The number of nitrogens with zero attached hydrogens (tertiary/aromatic N) is 2. The van der Waals surface area contributed by atoms with Gasteiger partial charge in [0.2, 0.25) is 5.52 Å². The predicted octanol–water partition coefficient (Wildman–Crippen LogP) is 2.28. The number of fused-ring (bicyclic) bond motifs is 1. The Morgan fingerprint density at radius 2 is 1.96 bits per heavy atom. The van der Waals surface area contributed by atoms with Gasteiger partial charge in [0.05, 0.1) is 13.0 Å². The molecule has 1 aromatic heterocycles. The average molecular weight is 344 g/mol. The number of esters is 2. The minimum absolute atomic E-state index is 0.102. The number of hydrogen-bond acceptors (Lipinski definition) is 6. The van der Waals surface area contributed by atoms with Crippen LogP contribution < -0.4 is 4.73 Å². The molecule has 0 amide bonds. The van der Waals surface area contributed by atoms with Crippen molar-refractivity contribution in [3.8, 4) is 0 Å². The van der Waals surface area contributed by atoms with E-state index in [4.69, 9.17) is 4.74 Å². The summed E-state index contributed by atoms with van der Waals surface area (Å²) in [5.74, 6) is -1.23.